The Morgan fingerprint density at radius 2 is 2.26 bits per heavy atom. The molecular formula is C14H19N3O2. The van der Waals surface area contributed by atoms with Gasteiger partial charge in [0.25, 0.3) is 0 Å². The maximum atomic E-state index is 11.2. The average Bonchev–Trinajstić information content (AvgIpc) is 2.73. The molecule has 1 aromatic heterocycles. The number of imidazole rings is 1. The number of carbonyl (C=O) groups excluding carboxylic acids is 1. The third-order valence-electron chi connectivity index (χ3n) is 3.09. The zero-order chi connectivity index (χ0) is 13.8. The van der Waals surface area contributed by atoms with E-state index >= 15 is 0 Å². The topological polar surface area (TPSA) is 70.1 Å². The van der Waals surface area contributed by atoms with Crippen molar-refractivity contribution in [3.8, 4) is 5.75 Å². The van der Waals surface area contributed by atoms with Crippen LogP contribution in [-0.4, -0.2) is 29.0 Å². The number of hydrogen-bond donors (Lipinski definition) is 1. The van der Waals surface area contributed by atoms with Crippen molar-refractivity contribution in [2.75, 3.05) is 13.7 Å². The molecule has 102 valence electrons. The van der Waals surface area contributed by atoms with Gasteiger partial charge in [0.1, 0.15) is 17.4 Å². The lowest BCUT2D eigenvalue weighted by Gasteiger charge is -2.07. The van der Waals surface area contributed by atoms with Gasteiger partial charge in [-0.3, -0.25) is 4.79 Å². The number of nitrogens with two attached hydrogens (primary N) is 1. The van der Waals surface area contributed by atoms with E-state index in [0.717, 1.165) is 22.6 Å². The summed E-state index contributed by atoms with van der Waals surface area (Å²) in [5, 5.41) is 0. The Balaban J connectivity index is 2.44. The van der Waals surface area contributed by atoms with Crippen molar-refractivity contribution in [3.63, 3.8) is 0 Å². The number of methoxy groups -OCH3 is 1. The van der Waals surface area contributed by atoms with Gasteiger partial charge < -0.3 is 15.0 Å². The predicted octanol–water partition coefficient (Wildman–Crippen LogP) is 1.53. The molecule has 5 nitrogen and oxygen atoms in total. The highest BCUT2D eigenvalue weighted by atomic mass is 16.5. The van der Waals surface area contributed by atoms with Crippen molar-refractivity contribution in [1.82, 2.24) is 9.55 Å². The van der Waals surface area contributed by atoms with E-state index in [-0.39, 0.29) is 5.78 Å². The summed E-state index contributed by atoms with van der Waals surface area (Å²) in [6, 6.07) is 5.78. The Bertz CT molecular complexity index is 590. The monoisotopic (exact) mass is 261 g/mol. The molecule has 0 aliphatic rings. The lowest BCUT2D eigenvalue weighted by atomic mass is 10.2. The minimum atomic E-state index is 0.175. The average molecular weight is 261 g/mol. The van der Waals surface area contributed by atoms with Crippen LogP contribution in [0.3, 0.4) is 0 Å². The first-order chi connectivity index (χ1) is 9.15. The summed E-state index contributed by atoms with van der Waals surface area (Å²) in [5.41, 5.74) is 7.52. The van der Waals surface area contributed by atoms with Crippen molar-refractivity contribution in [3.05, 3.63) is 24.0 Å². The molecule has 2 rings (SSSR count). The first-order valence-electron chi connectivity index (χ1n) is 6.38. The highest BCUT2D eigenvalue weighted by molar-refractivity contribution is 5.79. The van der Waals surface area contributed by atoms with E-state index in [1.807, 2.05) is 18.2 Å². The number of aromatic nitrogens is 2. The van der Waals surface area contributed by atoms with Gasteiger partial charge in [-0.2, -0.15) is 0 Å². The zero-order valence-corrected chi connectivity index (χ0v) is 11.3. The molecular weight excluding hydrogens is 242 g/mol. The van der Waals surface area contributed by atoms with Crippen molar-refractivity contribution >= 4 is 16.8 Å². The van der Waals surface area contributed by atoms with E-state index < -0.39 is 0 Å². The summed E-state index contributed by atoms with van der Waals surface area (Å²) in [7, 11) is 1.63. The Labute approximate surface area is 112 Å². The van der Waals surface area contributed by atoms with Gasteiger partial charge in [-0.25, -0.2) is 4.98 Å². The van der Waals surface area contributed by atoms with Gasteiger partial charge in [0.15, 0.2) is 0 Å². The number of aryl methyl sites for hydroxylation is 1. The molecule has 0 radical (unpaired) electrons. The van der Waals surface area contributed by atoms with Crippen molar-refractivity contribution < 1.29 is 9.53 Å². The molecule has 1 heterocycles. The second kappa shape index (κ2) is 5.84. The number of nitrogens with zero attached hydrogens (tertiary/aromatic N) is 2. The quantitative estimate of drug-likeness (QED) is 0.856. The third kappa shape index (κ3) is 2.93. The molecule has 2 aromatic rings. The predicted molar refractivity (Wildman–Crippen MR) is 74.3 cm³/mol. The van der Waals surface area contributed by atoms with Crippen LogP contribution < -0.4 is 10.5 Å². The van der Waals surface area contributed by atoms with Crippen LogP contribution in [0.15, 0.2) is 18.2 Å². The summed E-state index contributed by atoms with van der Waals surface area (Å²) in [5.74, 6) is 1.88. The molecule has 0 saturated heterocycles. The van der Waals surface area contributed by atoms with Crippen LogP contribution in [0, 0.1) is 0 Å². The van der Waals surface area contributed by atoms with E-state index in [0.29, 0.717) is 25.9 Å². The van der Waals surface area contributed by atoms with E-state index in [4.69, 9.17) is 10.5 Å². The highest BCUT2D eigenvalue weighted by Crippen LogP contribution is 2.22. The van der Waals surface area contributed by atoms with Crippen molar-refractivity contribution in [2.24, 2.45) is 5.73 Å². The molecule has 0 amide bonds. The van der Waals surface area contributed by atoms with E-state index in [1.165, 1.54) is 0 Å². The minimum Gasteiger partial charge on any atom is -0.497 e. The van der Waals surface area contributed by atoms with Gasteiger partial charge in [0, 0.05) is 25.5 Å². The zero-order valence-electron chi connectivity index (χ0n) is 11.3. The van der Waals surface area contributed by atoms with Crippen molar-refractivity contribution in [2.45, 2.75) is 26.3 Å². The second-order valence-electron chi connectivity index (χ2n) is 4.53. The molecule has 1 aromatic carbocycles. The fraction of sp³-hybridized carbons (Fsp3) is 0.429. The van der Waals surface area contributed by atoms with Gasteiger partial charge in [-0.05, 0) is 25.6 Å². The minimum absolute atomic E-state index is 0.175. The molecule has 0 bridgehead atoms. The number of rotatable bonds is 6. The number of Topliss-reactive ketones (excluding diaryl/α,β-unsaturated/α-hetero) is 1. The van der Waals surface area contributed by atoms with Gasteiger partial charge in [-0.1, -0.05) is 0 Å². The molecule has 0 fully saturated rings. The van der Waals surface area contributed by atoms with E-state index in [9.17, 15) is 4.79 Å². The highest BCUT2D eigenvalue weighted by Gasteiger charge is 2.11. The van der Waals surface area contributed by atoms with Gasteiger partial charge in [0.2, 0.25) is 0 Å². The van der Waals surface area contributed by atoms with E-state index in [1.54, 1.807) is 14.0 Å². The number of ether oxygens (including phenoxy) is 1. The number of carbonyl (C=O) groups is 1. The van der Waals surface area contributed by atoms with Crippen LogP contribution in [-0.2, 0) is 17.8 Å². The maximum Gasteiger partial charge on any atom is 0.131 e. The van der Waals surface area contributed by atoms with Crippen LogP contribution in [0.4, 0.5) is 0 Å². The molecule has 2 N–H and O–H groups in total. The Morgan fingerprint density at radius 3 is 2.89 bits per heavy atom. The number of fused-ring (bicyclic) bond motifs is 1. The lowest BCUT2D eigenvalue weighted by Crippen LogP contribution is -2.11. The number of ketones is 1. The van der Waals surface area contributed by atoms with Gasteiger partial charge >= 0.3 is 0 Å². The lowest BCUT2D eigenvalue weighted by molar-refractivity contribution is -0.117. The van der Waals surface area contributed by atoms with Gasteiger partial charge in [0.05, 0.1) is 18.1 Å². The standard InChI is InChI=1S/C14H19N3O2/c1-10(18)6-8-17-13-4-3-11(19-2)9-12(13)16-14(17)5-7-15/h3-4,9H,5-8,15H2,1-2H3. The molecule has 0 saturated carbocycles. The third-order valence-corrected chi connectivity index (χ3v) is 3.09. The summed E-state index contributed by atoms with van der Waals surface area (Å²) >= 11 is 0. The second-order valence-corrected chi connectivity index (χ2v) is 4.53. The Hall–Kier alpha value is -1.88. The fourth-order valence-corrected chi connectivity index (χ4v) is 2.13. The van der Waals surface area contributed by atoms with Crippen LogP contribution in [0.1, 0.15) is 19.2 Å². The molecule has 19 heavy (non-hydrogen) atoms. The molecule has 0 unspecified atom stereocenters. The normalized spacial score (nSPS) is 10.9. The molecule has 0 aliphatic carbocycles. The summed E-state index contributed by atoms with van der Waals surface area (Å²) in [6.07, 6.45) is 1.21. The van der Waals surface area contributed by atoms with Crippen LogP contribution in [0.5, 0.6) is 5.75 Å². The first-order valence-corrected chi connectivity index (χ1v) is 6.38. The van der Waals surface area contributed by atoms with Crippen molar-refractivity contribution in [1.29, 1.82) is 0 Å². The van der Waals surface area contributed by atoms with Crippen LogP contribution in [0.25, 0.3) is 11.0 Å². The Kier molecular flexibility index (Phi) is 4.16. The van der Waals surface area contributed by atoms with Crippen LogP contribution >= 0.6 is 0 Å². The summed E-state index contributed by atoms with van der Waals surface area (Å²) < 4.78 is 7.27. The summed E-state index contributed by atoms with van der Waals surface area (Å²) in [4.78, 5) is 15.7. The molecule has 0 spiro atoms. The van der Waals surface area contributed by atoms with Gasteiger partial charge in [-0.15, -0.1) is 0 Å². The van der Waals surface area contributed by atoms with E-state index in [2.05, 4.69) is 9.55 Å². The SMILES string of the molecule is COc1ccc2c(c1)nc(CCN)n2CCC(C)=O. The molecule has 5 heteroatoms. The molecule has 0 atom stereocenters. The van der Waals surface area contributed by atoms with Crippen LogP contribution in [0.2, 0.25) is 0 Å². The first kappa shape index (κ1) is 13.5. The summed E-state index contributed by atoms with van der Waals surface area (Å²) in [6.45, 7) is 2.79. The number of benzene rings is 1. The maximum absolute atomic E-state index is 11.2. The smallest absolute Gasteiger partial charge is 0.131 e. The largest absolute Gasteiger partial charge is 0.497 e. The Morgan fingerprint density at radius 1 is 1.47 bits per heavy atom. The fourth-order valence-electron chi connectivity index (χ4n) is 2.13. The molecule has 0 aliphatic heterocycles. The number of hydrogen-bond acceptors (Lipinski definition) is 4.